The van der Waals surface area contributed by atoms with Crippen molar-refractivity contribution < 1.29 is 4.79 Å². The molecule has 0 aromatic heterocycles. The second-order valence-electron chi connectivity index (χ2n) is 3.47. The van der Waals surface area contributed by atoms with Crippen LogP contribution in [0.1, 0.15) is 13.8 Å². The smallest absolute Gasteiger partial charge is 0.230 e. The molecule has 1 N–H and O–H groups in total. The maximum absolute atomic E-state index is 10.9. The van der Waals surface area contributed by atoms with Crippen LogP contribution < -0.4 is 5.32 Å². The van der Waals surface area contributed by atoms with Crippen molar-refractivity contribution in [3.05, 3.63) is 0 Å². The normalized spacial score (nSPS) is 19.3. The molecule has 1 aliphatic heterocycles. The molecule has 0 atom stereocenters. The summed E-state index contributed by atoms with van der Waals surface area (Å²) in [7, 11) is 0. The number of amides is 1. The third-order valence-corrected chi connectivity index (χ3v) is 2.44. The Morgan fingerprint density at radius 3 is 2.67 bits per heavy atom. The third-order valence-electron chi connectivity index (χ3n) is 2.15. The Hall–Kier alpha value is -0.220. The summed E-state index contributed by atoms with van der Waals surface area (Å²) < 4.78 is 0. The van der Waals surface area contributed by atoms with E-state index in [2.05, 4.69) is 36.7 Å². The molecule has 0 aliphatic carbocycles. The van der Waals surface area contributed by atoms with Gasteiger partial charge in [0, 0.05) is 19.1 Å². The van der Waals surface area contributed by atoms with Gasteiger partial charge in [-0.25, -0.2) is 0 Å². The van der Waals surface area contributed by atoms with Crippen LogP contribution in [0, 0.1) is 0 Å². The second kappa shape index (κ2) is 4.14. The lowest BCUT2D eigenvalue weighted by Crippen LogP contribution is -2.61. The van der Waals surface area contributed by atoms with Crippen LogP contribution in [0.4, 0.5) is 0 Å². The molecule has 1 amide bonds. The molecule has 4 heteroatoms. The molecular formula is C8H16N2OS. The van der Waals surface area contributed by atoms with E-state index in [1.807, 2.05) is 0 Å². The van der Waals surface area contributed by atoms with Crippen molar-refractivity contribution in [2.45, 2.75) is 25.9 Å². The Morgan fingerprint density at radius 2 is 2.25 bits per heavy atom. The number of carbonyl (C=O) groups excluding carboxylic acids is 1. The number of carbonyl (C=O) groups is 1. The van der Waals surface area contributed by atoms with Gasteiger partial charge in [0.1, 0.15) is 0 Å². The van der Waals surface area contributed by atoms with Gasteiger partial charge < -0.3 is 5.32 Å². The molecule has 70 valence electrons. The Balaban J connectivity index is 2.13. The Morgan fingerprint density at radius 1 is 1.67 bits per heavy atom. The van der Waals surface area contributed by atoms with Crippen molar-refractivity contribution in [3.8, 4) is 0 Å². The molecule has 1 rings (SSSR count). The maximum atomic E-state index is 10.9. The molecule has 0 saturated carbocycles. The van der Waals surface area contributed by atoms with E-state index in [1.165, 1.54) is 0 Å². The summed E-state index contributed by atoms with van der Waals surface area (Å²) in [5.74, 6) is 0.324. The number of hydrogen-bond acceptors (Lipinski definition) is 3. The summed E-state index contributed by atoms with van der Waals surface area (Å²) in [6.45, 7) is 6.29. The predicted octanol–water partition coefficient (Wildman–Crippen LogP) is 0.125. The molecule has 0 aromatic carbocycles. The van der Waals surface area contributed by atoms with Crippen LogP contribution in [0.25, 0.3) is 0 Å². The standard InChI is InChI=1S/C8H16N2OS/c1-6(2)10-3-7(4-10)9-8(11)5-12/h6-7,12H,3-5H2,1-2H3,(H,9,11). The molecule has 1 aliphatic rings. The zero-order chi connectivity index (χ0) is 9.14. The molecule has 1 heterocycles. The van der Waals surface area contributed by atoms with Crippen molar-refractivity contribution in [1.29, 1.82) is 0 Å². The van der Waals surface area contributed by atoms with Gasteiger partial charge in [0.05, 0.1) is 11.8 Å². The highest BCUT2D eigenvalue weighted by molar-refractivity contribution is 7.81. The Labute approximate surface area is 78.9 Å². The number of nitrogens with one attached hydrogen (secondary N) is 1. The van der Waals surface area contributed by atoms with Gasteiger partial charge in [-0.05, 0) is 13.8 Å². The summed E-state index contributed by atoms with van der Waals surface area (Å²) in [6, 6.07) is 0.946. The monoisotopic (exact) mass is 188 g/mol. The highest BCUT2D eigenvalue weighted by Gasteiger charge is 2.28. The lowest BCUT2D eigenvalue weighted by molar-refractivity contribution is -0.120. The van der Waals surface area contributed by atoms with Crippen molar-refractivity contribution in [2.24, 2.45) is 0 Å². The highest BCUT2D eigenvalue weighted by atomic mass is 32.1. The van der Waals surface area contributed by atoms with Crippen LogP contribution in [-0.4, -0.2) is 41.7 Å². The molecule has 0 unspecified atom stereocenters. The summed E-state index contributed by atoms with van der Waals surface area (Å²) in [5.41, 5.74) is 0. The van der Waals surface area contributed by atoms with Crippen molar-refractivity contribution in [1.82, 2.24) is 10.2 Å². The summed E-state index contributed by atoms with van der Waals surface area (Å²) in [4.78, 5) is 13.2. The Bertz CT molecular complexity index is 166. The number of likely N-dealkylation sites (tertiary alicyclic amines) is 1. The molecule has 0 spiro atoms. The maximum Gasteiger partial charge on any atom is 0.230 e. The van der Waals surface area contributed by atoms with E-state index >= 15 is 0 Å². The van der Waals surface area contributed by atoms with Crippen LogP contribution >= 0.6 is 12.6 Å². The first-order valence-electron chi connectivity index (χ1n) is 4.27. The largest absolute Gasteiger partial charge is 0.350 e. The van der Waals surface area contributed by atoms with E-state index in [4.69, 9.17) is 0 Å². The van der Waals surface area contributed by atoms with E-state index in [-0.39, 0.29) is 11.7 Å². The first-order chi connectivity index (χ1) is 5.63. The van der Waals surface area contributed by atoms with E-state index in [1.54, 1.807) is 0 Å². The van der Waals surface area contributed by atoms with Crippen molar-refractivity contribution in [3.63, 3.8) is 0 Å². The molecule has 3 nitrogen and oxygen atoms in total. The Kier molecular flexibility index (Phi) is 3.40. The minimum absolute atomic E-state index is 0.0340. The summed E-state index contributed by atoms with van der Waals surface area (Å²) in [6.07, 6.45) is 0. The molecule has 0 radical (unpaired) electrons. The van der Waals surface area contributed by atoms with Gasteiger partial charge in [0.2, 0.25) is 5.91 Å². The zero-order valence-electron chi connectivity index (χ0n) is 7.58. The quantitative estimate of drug-likeness (QED) is 0.617. The van der Waals surface area contributed by atoms with E-state index in [0.717, 1.165) is 13.1 Å². The fraction of sp³-hybridized carbons (Fsp3) is 0.875. The molecule has 0 bridgehead atoms. The average molecular weight is 188 g/mol. The van der Waals surface area contributed by atoms with Crippen LogP contribution in [-0.2, 0) is 4.79 Å². The SMILES string of the molecule is CC(C)N1CC(NC(=O)CS)C1. The van der Waals surface area contributed by atoms with Gasteiger partial charge in [-0.3, -0.25) is 9.69 Å². The van der Waals surface area contributed by atoms with Crippen molar-refractivity contribution >= 4 is 18.5 Å². The average Bonchev–Trinajstić information content (AvgIpc) is 1.94. The summed E-state index contributed by atoms with van der Waals surface area (Å²) in [5, 5.41) is 2.89. The van der Waals surface area contributed by atoms with Gasteiger partial charge >= 0.3 is 0 Å². The lowest BCUT2D eigenvalue weighted by atomic mass is 10.1. The molecule has 1 saturated heterocycles. The van der Waals surface area contributed by atoms with Gasteiger partial charge in [0.25, 0.3) is 0 Å². The number of hydrogen-bond donors (Lipinski definition) is 2. The van der Waals surface area contributed by atoms with Crippen LogP contribution in [0.2, 0.25) is 0 Å². The molecular weight excluding hydrogens is 172 g/mol. The van der Waals surface area contributed by atoms with Gasteiger partial charge in [-0.2, -0.15) is 12.6 Å². The lowest BCUT2D eigenvalue weighted by Gasteiger charge is -2.42. The fourth-order valence-corrected chi connectivity index (χ4v) is 1.39. The van der Waals surface area contributed by atoms with E-state index in [9.17, 15) is 4.79 Å². The topological polar surface area (TPSA) is 32.3 Å². The fourth-order valence-electron chi connectivity index (χ4n) is 1.30. The molecule has 0 aromatic rings. The first-order valence-corrected chi connectivity index (χ1v) is 4.91. The van der Waals surface area contributed by atoms with E-state index in [0.29, 0.717) is 12.1 Å². The number of rotatable bonds is 3. The molecule has 1 fully saturated rings. The number of thiol groups is 1. The minimum atomic E-state index is 0.0340. The van der Waals surface area contributed by atoms with Gasteiger partial charge in [-0.15, -0.1) is 0 Å². The molecule has 12 heavy (non-hydrogen) atoms. The van der Waals surface area contributed by atoms with Crippen LogP contribution in [0.3, 0.4) is 0 Å². The van der Waals surface area contributed by atoms with Crippen molar-refractivity contribution in [2.75, 3.05) is 18.8 Å². The third kappa shape index (κ3) is 2.38. The number of nitrogens with zero attached hydrogens (tertiary/aromatic N) is 1. The summed E-state index contributed by atoms with van der Waals surface area (Å²) >= 11 is 3.89. The van der Waals surface area contributed by atoms with Crippen LogP contribution in [0.5, 0.6) is 0 Å². The van der Waals surface area contributed by atoms with Gasteiger partial charge in [0.15, 0.2) is 0 Å². The van der Waals surface area contributed by atoms with E-state index < -0.39 is 0 Å². The predicted molar refractivity (Wildman–Crippen MR) is 52.5 cm³/mol. The van der Waals surface area contributed by atoms with Crippen LogP contribution in [0.15, 0.2) is 0 Å². The minimum Gasteiger partial charge on any atom is -0.350 e. The van der Waals surface area contributed by atoms with Gasteiger partial charge in [-0.1, -0.05) is 0 Å². The first kappa shape index (κ1) is 9.86. The second-order valence-corrected chi connectivity index (χ2v) is 3.79. The zero-order valence-corrected chi connectivity index (χ0v) is 8.47. The highest BCUT2D eigenvalue weighted by Crippen LogP contribution is 2.11.